The predicted molar refractivity (Wildman–Crippen MR) is 28.5 cm³/mol. The summed E-state index contributed by atoms with van der Waals surface area (Å²) in [7, 11) is 0. The molecular weight excluding hydrogens is 183 g/mol. The Morgan fingerprint density at radius 1 is 1.33 bits per heavy atom. The molecule has 5 nitrogen and oxygen atoms in total. The van der Waals surface area contributed by atoms with Crippen LogP contribution in [0.2, 0.25) is 0 Å². The number of aldehydes is 1. The van der Waals surface area contributed by atoms with Crippen molar-refractivity contribution in [3.8, 4) is 0 Å². The maximum Gasteiger partial charge on any atom is 0.449 e. The molecule has 0 aliphatic carbocycles. The average Bonchev–Trinajstić information content (AvgIpc) is 1.87. The highest BCUT2D eigenvalue weighted by Gasteiger charge is 2.57. The van der Waals surface area contributed by atoms with Gasteiger partial charge < -0.3 is 15.4 Å². The smallest absolute Gasteiger partial charge is 0.410 e. The van der Waals surface area contributed by atoms with Gasteiger partial charge in [0.25, 0.3) is 0 Å². The highest BCUT2D eigenvalue weighted by Crippen LogP contribution is 2.28. The van der Waals surface area contributed by atoms with Crippen LogP contribution in [0.15, 0.2) is 5.16 Å². The maximum absolute atomic E-state index is 11.6. The molecule has 0 bridgehead atoms. The van der Waals surface area contributed by atoms with E-state index in [1.54, 1.807) is 5.16 Å². The summed E-state index contributed by atoms with van der Waals surface area (Å²) in [5, 5.41) is 26.0. The lowest BCUT2D eigenvalue weighted by Gasteiger charge is -2.21. The van der Waals surface area contributed by atoms with E-state index < -0.39 is 24.0 Å². The van der Waals surface area contributed by atoms with Crippen LogP contribution < -0.4 is 0 Å². The van der Waals surface area contributed by atoms with Crippen LogP contribution >= 0.6 is 0 Å². The maximum atomic E-state index is 11.6. The van der Waals surface area contributed by atoms with Crippen LogP contribution in [-0.2, 0) is 4.79 Å². The third-order valence-corrected chi connectivity index (χ3v) is 0.972. The summed E-state index contributed by atoms with van der Waals surface area (Å²) in [6.07, 6.45) is -6.11. The van der Waals surface area contributed by atoms with Gasteiger partial charge in [-0.25, -0.2) is 0 Å². The van der Waals surface area contributed by atoms with Crippen molar-refractivity contribution in [3.63, 3.8) is 0 Å². The highest BCUT2D eigenvalue weighted by atomic mass is 19.4. The Balaban J connectivity index is 4.96. The van der Waals surface area contributed by atoms with Gasteiger partial charge in [0.05, 0.1) is 0 Å². The highest BCUT2D eigenvalue weighted by molar-refractivity contribution is 6.31. The normalized spacial score (nSPS) is 14.6. The van der Waals surface area contributed by atoms with E-state index in [0.717, 1.165) is 0 Å². The van der Waals surface area contributed by atoms with Crippen LogP contribution in [0.1, 0.15) is 0 Å². The number of halogens is 3. The first-order valence-corrected chi connectivity index (χ1v) is 2.46. The summed E-state index contributed by atoms with van der Waals surface area (Å²) < 4.78 is 34.8. The van der Waals surface area contributed by atoms with Crippen LogP contribution in [0.4, 0.5) is 13.2 Å². The lowest BCUT2D eigenvalue weighted by molar-refractivity contribution is -0.311. The predicted octanol–water partition coefficient (Wildman–Crippen LogP) is -0.741. The van der Waals surface area contributed by atoms with E-state index in [2.05, 4.69) is 0 Å². The van der Waals surface area contributed by atoms with Crippen LogP contribution in [-0.4, -0.2) is 39.4 Å². The van der Waals surface area contributed by atoms with Crippen LogP contribution in [0.25, 0.3) is 0 Å². The molecule has 3 N–H and O–H groups in total. The van der Waals surface area contributed by atoms with Crippen molar-refractivity contribution >= 4 is 12.0 Å². The van der Waals surface area contributed by atoms with E-state index >= 15 is 0 Å². The average molecular weight is 187 g/mol. The lowest BCUT2D eigenvalue weighted by atomic mass is 10.2. The minimum absolute atomic E-state index is 0.618. The van der Waals surface area contributed by atoms with Gasteiger partial charge in [-0.05, 0) is 0 Å². The Morgan fingerprint density at radius 2 is 1.75 bits per heavy atom. The number of carbonyl (C=O) groups is 1. The molecule has 0 unspecified atom stereocenters. The Hall–Kier alpha value is -1.15. The number of carbonyl (C=O) groups excluding carboxylic acids is 1. The first-order valence-electron chi connectivity index (χ1n) is 2.46. The fraction of sp³-hybridized carbons (Fsp3) is 0.500. The van der Waals surface area contributed by atoms with Gasteiger partial charge in [-0.3, -0.25) is 4.79 Å². The van der Waals surface area contributed by atoms with Crippen molar-refractivity contribution in [2.75, 3.05) is 0 Å². The van der Waals surface area contributed by atoms with E-state index in [9.17, 15) is 18.0 Å². The molecule has 70 valence electrons. The summed E-state index contributed by atoms with van der Waals surface area (Å²) in [6.45, 7) is 0. The number of hydrogen-bond acceptors (Lipinski definition) is 5. The van der Waals surface area contributed by atoms with Gasteiger partial charge in [-0.1, -0.05) is 5.16 Å². The molecule has 0 spiro atoms. The quantitative estimate of drug-likeness (QED) is 0.174. The molecule has 8 heteroatoms. The van der Waals surface area contributed by atoms with Crippen LogP contribution in [0.5, 0.6) is 0 Å². The van der Waals surface area contributed by atoms with Crippen molar-refractivity contribution in [1.82, 2.24) is 0 Å². The van der Waals surface area contributed by atoms with Gasteiger partial charge in [0.1, 0.15) is 0 Å². The minimum Gasteiger partial charge on any atom is -0.410 e. The number of aliphatic hydroxyl groups is 2. The lowest BCUT2D eigenvalue weighted by Crippen LogP contribution is -2.52. The Morgan fingerprint density at radius 3 is 1.83 bits per heavy atom. The molecule has 0 amide bonds. The van der Waals surface area contributed by atoms with Crippen LogP contribution in [0.3, 0.4) is 0 Å². The Bertz CT molecular complexity index is 209. The zero-order valence-electron chi connectivity index (χ0n) is 5.41. The van der Waals surface area contributed by atoms with Gasteiger partial charge in [0.15, 0.2) is 12.0 Å². The van der Waals surface area contributed by atoms with Gasteiger partial charge in [0.2, 0.25) is 0 Å². The number of nitrogens with zero attached hydrogens (tertiary/aromatic N) is 1. The fourth-order valence-electron chi connectivity index (χ4n) is 0.321. The van der Waals surface area contributed by atoms with E-state index in [-0.39, 0.29) is 0 Å². The van der Waals surface area contributed by atoms with Crippen molar-refractivity contribution in [2.24, 2.45) is 5.16 Å². The van der Waals surface area contributed by atoms with Crippen molar-refractivity contribution in [1.29, 1.82) is 0 Å². The molecule has 0 atom stereocenters. The van der Waals surface area contributed by atoms with E-state index in [1.807, 2.05) is 0 Å². The number of alkyl halides is 3. The molecule has 0 aromatic carbocycles. The van der Waals surface area contributed by atoms with Gasteiger partial charge >= 0.3 is 12.0 Å². The third-order valence-electron chi connectivity index (χ3n) is 0.972. The molecule has 0 saturated heterocycles. The van der Waals surface area contributed by atoms with Gasteiger partial charge in [-0.15, -0.1) is 0 Å². The molecular formula is C4H4F3NO4. The van der Waals surface area contributed by atoms with Crippen molar-refractivity contribution in [3.05, 3.63) is 0 Å². The first-order chi connectivity index (χ1) is 5.27. The largest absolute Gasteiger partial charge is 0.449 e. The van der Waals surface area contributed by atoms with E-state index in [1.165, 1.54) is 0 Å². The molecule has 12 heavy (non-hydrogen) atoms. The fourth-order valence-corrected chi connectivity index (χ4v) is 0.321. The number of rotatable bonds is 2. The van der Waals surface area contributed by atoms with E-state index in [4.69, 9.17) is 15.4 Å². The number of oxime groups is 1. The minimum atomic E-state index is -5.49. The third kappa shape index (κ3) is 1.71. The molecule has 0 aliphatic heterocycles. The van der Waals surface area contributed by atoms with Crippen molar-refractivity contribution in [2.45, 2.75) is 12.0 Å². The Kier molecular flexibility index (Phi) is 2.78. The van der Waals surface area contributed by atoms with E-state index in [0.29, 0.717) is 0 Å². The second kappa shape index (κ2) is 3.07. The molecule has 0 fully saturated rings. The molecule has 0 heterocycles. The first kappa shape index (κ1) is 10.8. The topological polar surface area (TPSA) is 90.1 Å². The summed E-state index contributed by atoms with van der Waals surface area (Å²) in [5.41, 5.74) is -1.82. The molecule has 0 radical (unpaired) electrons. The van der Waals surface area contributed by atoms with Crippen LogP contribution in [0, 0.1) is 0 Å². The number of hydrogen-bond donors (Lipinski definition) is 3. The molecule has 0 saturated carbocycles. The Labute approximate surface area is 63.7 Å². The molecule has 0 rings (SSSR count). The summed E-state index contributed by atoms with van der Waals surface area (Å²) >= 11 is 0. The SMILES string of the molecule is O=CC(=NO)C(O)(O)C(F)(F)F. The molecule has 0 aromatic heterocycles. The summed E-state index contributed by atoms with van der Waals surface area (Å²) in [4.78, 5) is 9.72. The summed E-state index contributed by atoms with van der Waals surface area (Å²) in [6, 6.07) is 0. The standard InChI is InChI=1S/C4H4F3NO4/c5-4(6,7)3(10,11)2(1-9)8-12/h1,10-12H. The zero-order chi connectivity index (χ0) is 9.99. The molecule has 0 aliphatic rings. The van der Waals surface area contributed by atoms with Gasteiger partial charge in [-0.2, -0.15) is 13.2 Å². The second-order valence-corrected chi connectivity index (χ2v) is 1.77. The second-order valence-electron chi connectivity index (χ2n) is 1.77. The van der Waals surface area contributed by atoms with Gasteiger partial charge in [0, 0.05) is 0 Å². The van der Waals surface area contributed by atoms with Crippen molar-refractivity contribution < 1.29 is 33.4 Å². The summed E-state index contributed by atoms with van der Waals surface area (Å²) in [5.74, 6) is -4.41. The zero-order valence-corrected chi connectivity index (χ0v) is 5.41. The monoisotopic (exact) mass is 187 g/mol. The molecule has 0 aromatic rings.